The van der Waals surface area contributed by atoms with E-state index in [2.05, 4.69) is 20.7 Å². The Kier molecular flexibility index (Phi) is 4.34. The Morgan fingerprint density at radius 2 is 2.18 bits per heavy atom. The van der Waals surface area contributed by atoms with Gasteiger partial charge in [-0.15, -0.1) is 0 Å². The highest BCUT2D eigenvalue weighted by atomic mass is 16.5. The van der Waals surface area contributed by atoms with Crippen LogP contribution in [0.5, 0.6) is 0 Å². The normalized spacial score (nSPS) is 21.3. The number of ether oxygens (including phenoxy) is 1. The molecule has 2 amide bonds. The first kappa shape index (κ1) is 14.5. The summed E-state index contributed by atoms with van der Waals surface area (Å²) in [6.45, 7) is 0.633. The van der Waals surface area contributed by atoms with Gasteiger partial charge in [0.05, 0.1) is 6.10 Å². The van der Waals surface area contributed by atoms with Gasteiger partial charge < -0.3 is 10.1 Å². The Morgan fingerprint density at radius 3 is 2.91 bits per heavy atom. The van der Waals surface area contributed by atoms with Crippen molar-refractivity contribution in [2.45, 2.75) is 25.0 Å². The Labute approximate surface area is 128 Å². The first-order chi connectivity index (χ1) is 10.7. The molecule has 2 N–H and O–H groups in total. The summed E-state index contributed by atoms with van der Waals surface area (Å²) in [5, 5.41) is 9.57. The number of nitrogens with one attached hydrogen (secondary N) is 2. The molecule has 7 heteroatoms. The molecule has 116 valence electrons. The van der Waals surface area contributed by atoms with Crippen molar-refractivity contribution >= 4 is 12.0 Å². The lowest BCUT2D eigenvalue weighted by atomic mass is 9.97. The second-order valence-corrected chi connectivity index (χ2v) is 5.30. The third-order valence-electron chi connectivity index (χ3n) is 3.73. The molecule has 0 saturated carbocycles. The van der Waals surface area contributed by atoms with Gasteiger partial charge in [-0.25, -0.2) is 9.48 Å². The number of anilines is 1. The van der Waals surface area contributed by atoms with Crippen LogP contribution in [0.15, 0.2) is 36.7 Å². The molecular formula is C15H19N5O2. The van der Waals surface area contributed by atoms with Crippen LogP contribution in [0.25, 0.3) is 0 Å². The van der Waals surface area contributed by atoms with E-state index in [-0.39, 0.29) is 18.2 Å². The lowest BCUT2D eigenvalue weighted by Crippen LogP contribution is -2.42. The first-order valence-corrected chi connectivity index (χ1v) is 7.30. The van der Waals surface area contributed by atoms with E-state index in [4.69, 9.17) is 4.74 Å². The third kappa shape index (κ3) is 3.43. The maximum atomic E-state index is 12.0. The van der Waals surface area contributed by atoms with E-state index >= 15 is 0 Å². The van der Waals surface area contributed by atoms with Crippen LogP contribution < -0.4 is 10.6 Å². The molecule has 0 aliphatic carbocycles. The number of benzene rings is 1. The van der Waals surface area contributed by atoms with Crippen LogP contribution in [-0.4, -0.2) is 33.4 Å². The largest absolute Gasteiger partial charge is 0.373 e. The monoisotopic (exact) mass is 301 g/mol. The van der Waals surface area contributed by atoms with Crippen LogP contribution >= 0.6 is 0 Å². The average molecular weight is 301 g/mol. The Balaban J connectivity index is 1.56. The predicted molar refractivity (Wildman–Crippen MR) is 81.3 cm³/mol. The number of aromatic nitrogens is 3. The highest BCUT2D eigenvalue weighted by Crippen LogP contribution is 2.27. The summed E-state index contributed by atoms with van der Waals surface area (Å²) in [5.41, 5.74) is 1.14. The number of carbonyl (C=O) groups excluding carboxylic acids is 1. The Hall–Kier alpha value is -2.41. The second kappa shape index (κ2) is 6.57. The average Bonchev–Trinajstić information content (AvgIpc) is 2.93. The van der Waals surface area contributed by atoms with Gasteiger partial charge in [-0.3, -0.25) is 5.32 Å². The second-order valence-electron chi connectivity index (χ2n) is 5.30. The number of urea groups is 1. The van der Waals surface area contributed by atoms with Gasteiger partial charge in [-0.1, -0.05) is 30.3 Å². The fourth-order valence-electron chi connectivity index (χ4n) is 2.56. The minimum atomic E-state index is -0.269. The van der Waals surface area contributed by atoms with Crippen LogP contribution in [-0.2, 0) is 11.8 Å². The summed E-state index contributed by atoms with van der Waals surface area (Å²) in [6, 6.07) is 9.88. The predicted octanol–water partition coefficient (Wildman–Crippen LogP) is 1.86. The van der Waals surface area contributed by atoms with Crippen LogP contribution in [0.4, 0.5) is 10.7 Å². The summed E-state index contributed by atoms with van der Waals surface area (Å²) in [6.07, 6.45) is 2.98. The minimum absolute atomic E-state index is 0.0232. The quantitative estimate of drug-likeness (QED) is 0.906. The molecule has 1 saturated heterocycles. The summed E-state index contributed by atoms with van der Waals surface area (Å²) < 4.78 is 7.31. The Bertz CT molecular complexity index is 628. The van der Waals surface area contributed by atoms with E-state index in [9.17, 15) is 4.79 Å². The van der Waals surface area contributed by atoms with Crippen LogP contribution in [0.2, 0.25) is 0 Å². The molecule has 3 rings (SSSR count). The molecule has 1 aromatic heterocycles. The molecule has 22 heavy (non-hydrogen) atoms. The zero-order chi connectivity index (χ0) is 15.4. The summed E-state index contributed by atoms with van der Waals surface area (Å²) in [5.74, 6) is 0.421. The van der Waals surface area contributed by atoms with Crippen LogP contribution in [0.3, 0.4) is 0 Å². The number of hydrogen-bond acceptors (Lipinski definition) is 4. The van der Waals surface area contributed by atoms with Crippen molar-refractivity contribution in [3.05, 3.63) is 42.2 Å². The molecule has 2 aromatic rings. The zero-order valence-corrected chi connectivity index (χ0v) is 12.4. The van der Waals surface area contributed by atoms with Gasteiger partial charge in [-0.05, 0) is 18.4 Å². The molecule has 0 bridgehead atoms. The van der Waals surface area contributed by atoms with Gasteiger partial charge >= 0.3 is 6.03 Å². The van der Waals surface area contributed by atoms with E-state index in [1.807, 2.05) is 30.3 Å². The molecule has 0 unspecified atom stereocenters. The molecule has 7 nitrogen and oxygen atoms in total. The van der Waals surface area contributed by atoms with E-state index in [0.29, 0.717) is 12.6 Å². The standard InChI is InChI=1S/C15H19N5O2/c1-20-14(16-10-17-20)19-15(21)18-12-7-8-22-13(9-12)11-5-3-2-4-6-11/h2-6,10,12-13H,7-9H2,1H3,(H2,16,17,18,19,21)/t12-,13+/m1/s1. The lowest BCUT2D eigenvalue weighted by Gasteiger charge is -2.30. The van der Waals surface area contributed by atoms with Gasteiger partial charge in [0.1, 0.15) is 6.33 Å². The van der Waals surface area contributed by atoms with Gasteiger partial charge in [0.15, 0.2) is 0 Å². The molecular weight excluding hydrogens is 282 g/mol. The topological polar surface area (TPSA) is 81.1 Å². The number of hydrogen-bond donors (Lipinski definition) is 2. The molecule has 2 heterocycles. The minimum Gasteiger partial charge on any atom is -0.373 e. The van der Waals surface area contributed by atoms with Gasteiger partial charge in [0.25, 0.3) is 0 Å². The zero-order valence-electron chi connectivity index (χ0n) is 12.4. The van der Waals surface area contributed by atoms with Crippen molar-refractivity contribution in [2.24, 2.45) is 7.05 Å². The van der Waals surface area contributed by atoms with E-state index in [0.717, 1.165) is 18.4 Å². The third-order valence-corrected chi connectivity index (χ3v) is 3.73. The maximum absolute atomic E-state index is 12.0. The summed E-state index contributed by atoms with van der Waals surface area (Å²) in [4.78, 5) is 16.0. The molecule has 0 radical (unpaired) electrons. The number of carbonyl (C=O) groups is 1. The number of rotatable bonds is 3. The molecule has 0 spiro atoms. The molecule has 1 aliphatic rings. The fraction of sp³-hybridized carbons (Fsp3) is 0.400. The smallest absolute Gasteiger partial charge is 0.321 e. The number of aryl methyl sites for hydroxylation is 1. The van der Waals surface area contributed by atoms with E-state index in [1.54, 1.807) is 7.05 Å². The van der Waals surface area contributed by atoms with Crippen LogP contribution in [0.1, 0.15) is 24.5 Å². The first-order valence-electron chi connectivity index (χ1n) is 7.30. The lowest BCUT2D eigenvalue weighted by molar-refractivity contribution is 0.00253. The molecule has 1 fully saturated rings. The van der Waals surface area contributed by atoms with Gasteiger partial charge in [0, 0.05) is 19.7 Å². The highest BCUT2D eigenvalue weighted by molar-refractivity contribution is 5.87. The number of nitrogens with zero attached hydrogens (tertiary/aromatic N) is 3. The molecule has 1 aliphatic heterocycles. The maximum Gasteiger partial charge on any atom is 0.321 e. The summed E-state index contributed by atoms with van der Waals surface area (Å²) >= 11 is 0. The number of amides is 2. The molecule has 2 atom stereocenters. The van der Waals surface area contributed by atoms with E-state index < -0.39 is 0 Å². The van der Waals surface area contributed by atoms with Crippen molar-refractivity contribution in [1.29, 1.82) is 0 Å². The van der Waals surface area contributed by atoms with Crippen molar-refractivity contribution in [3.8, 4) is 0 Å². The van der Waals surface area contributed by atoms with Crippen molar-refractivity contribution in [3.63, 3.8) is 0 Å². The fourth-order valence-corrected chi connectivity index (χ4v) is 2.56. The highest BCUT2D eigenvalue weighted by Gasteiger charge is 2.25. The summed E-state index contributed by atoms with van der Waals surface area (Å²) in [7, 11) is 1.72. The van der Waals surface area contributed by atoms with E-state index in [1.165, 1.54) is 11.0 Å². The Morgan fingerprint density at radius 1 is 1.36 bits per heavy atom. The van der Waals surface area contributed by atoms with Gasteiger partial charge in [0.2, 0.25) is 5.95 Å². The SMILES string of the molecule is Cn1ncnc1NC(=O)N[C@@H]1CCO[C@H](c2ccccc2)C1. The van der Waals surface area contributed by atoms with Crippen molar-refractivity contribution < 1.29 is 9.53 Å². The van der Waals surface area contributed by atoms with Gasteiger partial charge in [-0.2, -0.15) is 10.1 Å². The van der Waals surface area contributed by atoms with Crippen LogP contribution in [0, 0.1) is 0 Å². The van der Waals surface area contributed by atoms with Crippen molar-refractivity contribution in [2.75, 3.05) is 11.9 Å². The van der Waals surface area contributed by atoms with Crippen molar-refractivity contribution in [1.82, 2.24) is 20.1 Å². The molecule has 1 aromatic carbocycles.